The number of carbonyl (C=O) groups excluding carboxylic acids is 5. The van der Waals surface area contributed by atoms with Crippen LogP contribution in [0.3, 0.4) is 0 Å². The highest BCUT2D eigenvalue weighted by molar-refractivity contribution is 5.76. The van der Waals surface area contributed by atoms with E-state index >= 15 is 0 Å². The lowest BCUT2D eigenvalue weighted by atomic mass is 9.87. The molecule has 22 nitrogen and oxygen atoms in total. The van der Waals surface area contributed by atoms with E-state index in [0.29, 0.717) is 128 Å². The van der Waals surface area contributed by atoms with Gasteiger partial charge in [-0.05, 0) is 128 Å². The second-order valence-electron chi connectivity index (χ2n) is 27.4. The van der Waals surface area contributed by atoms with E-state index in [9.17, 15) is 38.4 Å². The number of nitrogens with one attached hydrogen (secondary N) is 3. The van der Waals surface area contributed by atoms with E-state index in [-0.39, 0.29) is 50.4 Å². The first kappa shape index (κ1) is 76.3. The summed E-state index contributed by atoms with van der Waals surface area (Å²) in [4.78, 5) is 111. The third-order valence-corrected chi connectivity index (χ3v) is 16.3. The van der Waals surface area contributed by atoms with E-state index in [1.165, 1.54) is 0 Å². The van der Waals surface area contributed by atoms with Gasteiger partial charge in [-0.1, -0.05) is 104 Å². The first-order valence-corrected chi connectivity index (χ1v) is 33.4. The molecule has 3 heterocycles. The number of hydrogen-bond acceptors (Lipinski definition) is 16. The normalized spacial score (nSPS) is 17.4. The van der Waals surface area contributed by atoms with Gasteiger partial charge in [0.1, 0.15) is 18.8 Å². The molecule has 0 aliphatic carbocycles. The van der Waals surface area contributed by atoms with Crippen LogP contribution in [-0.4, -0.2) is 155 Å². The molecule has 6 atom stereocenters. The fourth-order valence-corrected chi connectivity index (χ4v) is 10.2. The molecule has 2 fully saturated rings. The highest BCUT2D eigenvalue weighted by Gasteiger charge is 2.37. The average molecular weight is 1240 g/mol. The van der Waals surface area contributed by atoms with Crippen LogP contribution in [0.5, 0.6) is 0 Å². The van der Waals surface area contributed by atoms with Crippen molar-refractivity contribution in [3.8, 4) is 0 Å². The van der Waals surface area contributed by atoms with Crippen molar-refractivity contribution in [2.45, 2.75) is 293 Å². The Hall–Kier alpha value is -4.96. The number of esters is 2. The summed E-state index contributed by atoms with van der Waals surface area (Å²) < 4.78 is 37.8. The van der Waals surface area contributed by atoms with Gasteiger partial charge in [-0.15, -0.1) is 0 Å². The van der Waals surface area contributed by atoms with E-state index in [1.54, 1.807) is 0 Å². The Balaban J connectivity index is 1.54. The van der Waals surface area contributed by atoms with Crippen LogP contribution in [0.25, 0.3) is 0 Å². The third-order valence-electron chi connectivity index (χ3n) is 16.3. The molecule has 0 spiro atoms. The molecular formula is C65H118N8O14. The molecule has 3 rings (SSSR count). The Morgan fingerprint density at radius 2 is 0.805 bits per heavy atom. The molecule has 0 saturated carbocycles. The molecule has 2 aliphatic heterocycles. The number of alkyl carbamates (subject to hydrolysis) is 3. The second-order valence-corrected chi connectivity index (χ2v) is 27.4. The molecule has 2 aliphatic rings. The molecule has 0 aromatic carbocycles. The maximum absolute atomic E-state index is 14.0. The highest BCUT2D eigenvalue weighted by atomic mass is 16.6. The summed E-state index contributed by atoms with van der Waals surface area (Å²) in [5, 5.41) is 8.46. The Bertz CT molecular complexity index is 2270. The number of unbranched alkanes of at least 4 members (excludes halogenated alkanes) is 15. The van der Waals surface area contributed by atoms with Gasteiger partial charge in [0.15, 0.2) is 12.2 Å². The molecule has 87 heavy (non-hydrogen) atoms. The third kappa shape index (κ3) is 31.9. The summed E-state index contributed by atoms with van der Waals surface area (Å²) in [6, 6.07) is 0.750. The number of nitrogens with zero attached hydrogens (tertiary/aromatic N) is 5. The van der Waals surface area contributed by atoms with E-state index in [1.807, 2.05) is 62.3 Å². The van der Waals surface area contributed by atoms with Crippen LogP contribution in [0.15, 0.2) is 14.4 Å². The molecule has 6 unspecified atom stereocenters. The molecular weight excluding hydrogens is 1120 g/mol. The van der Waals surface area contributed by atoms with E-state index in [4.69, 9.17) is 28.4 Å². The standard InChI is InChI=1S/C65H118N8O14/c1-14-16-18-26-34-63(8,9)54(74)82-48-52(46-69-44-50(69)3)85-56(76)66-37-28-20-23-31-40-71-59(79)72(61(81)73(60(71)80)42-33-25-22-30-39-68-58(78)87-65(12,13)36-43-84-62(5,6)7)41-32-24-21-29-38-67-57(77)86-53(47-70-45-51(70)4)49-83-55(75)64(10,11)35-27-19-17-15-2/h50-53H,14-49H2,1-13H3,(H,66,76)(H,67,77)(H,68,78). The predicted molar refractivity (Wildman–Crippen MR) is 339 cm³/mol. The van der Waals surface area contributed by atoms with Crippen LogP contribution in [0, 0.1) is 10.8 Å². The Kier molecular flexibility index (Phi) is 34.4. The van der Waals surface area contributed by atoms with Crippen LogP contribution in [0.1, 0.15) is 238 Å². The predicted octanol–water partition coefficient (Wildman–Crippen LogP) is 10.2. The van der Waals surface area contributed by atoms with Crippen molar-refractivity contribution in [3.63, 3.8) is 0 Å². The van der Waals surface area contributed by atoms with Gasteiger partial charge in [0.2, 0.25) is 0 Å². The number of hydrogen-bond donors (Lipinski definition) is 3. The monoisotopic (exact) mass is 1230 g/mol. The molecule has 0 bridgehead atoms. The van der Waals surface area contributed by atoms with E-state index in [2.05, 4.69) is 53.4 Å². The van der Waals surface area contributed by atoms with Crippen molar-refractivity contribution in [1.29, 1.82) is 0 Å². The summed E-state index contributed by atoms with van der Waals surface area (Å²) in [5.74, 6) is -0.594. The van der Waals surface area contributed by atoms with Crippen LogP contribution in [0.2, 0.25) is 0 Å². The van der Waals surface area contributed by atoms with Crippen LogP contribution < -0.4 is 33.0 Å². The summed E-state index contributed by atoms with van der Waals surface area (Å²) in [6.45, 7) is 30.2. The minimum absolute atomic E-state index is 0.0213. The lowest BCUT2D eigenvalue weighted by molar-refractivity contribution is -0.158. The number of amides is 3. The summed E-state index contributed by atoms with van der Waals surface area (Å²) in [7, 11) is 0. The highest BCUT2D eigenvalue weighted by Crippen LogP contribution is 2.28. The minimum Gasteiger partial charge on any atom is -0.461 e. The van der Waals surface area contributed by atoms with Crippen LogP contribution >= 0.6 is 0 Å². The molecule has 3 amide bonds. The van der Waals surface area contributed by atoms with Crippen molar-refractivity contribution in [2.75, 3.05) is 65.6 Å². The molecule has 22 heteroatoms. The number of aromatic nitrogens is 3. The van der Waals surface area contributed by atoms with E-state index < -0.39 is 64.0 Å². The summed E-state index contributed by atoms with van der Waals surface area (Å²) >= 11 is 0. The molecule has 1 aromatic heterocycles. The average Bonchev–Trinajstić information content (AvgIpc) is 2.09. The Morgan fingerprint density at radius 1 is 0.471 bits per heavy atom. The maximum Gasteiger partial charge on any atom is 0.407 e. The lowest BCUT2D eigenvalue weighted by Gasteiger charge is -2.27. The number of ether oxygens (including phenoxy) is 6. The second kappa shape index (κ2) is 39.2. The zero-order valence-corrected chi connectivity index (χ0v) is 56.2. The van der Waals surface area contributed by atoms with Crippen LogP contribution in [0.4, 0.5) is 14.4 Å². The van der Waals surface area contributed by atoms with Crippen molar-refractivity contribution in [2.24, 2.45) is 10.8 Å². The molecule has 2 saturated heterocycles. The molecule has 502 valence electrons. The van der Waals surface area contributed by atoms with Gasteiger partial charge in [-0.2, -0.15) is 0 Å². The largest absolute Gasteiger partial charge is 0.461 e. The van der Waals surface area contributed by atoms with Crippen molar-refractivity contribution in [3.05, 3.63) is 31.5 Å². The summed E-state index contributed by atoms with van der Waals surface area (Å²) in [5.41, 5.74) is -4.21. The zero-order chi connectivity index (χ0) is 64.6. The first-order valence-electron chi connectivity index (χ1n) is 33.4. The van der Waals surface area contributed by atoms with Gasteiger partial charge in [0.25, 0.3) is 0 Å². The lowest BCUT2D eigenvalue weighted by Crippen LogP contribution is -2.54. The molecule has 1 aromatic rings. The van der Waals surface area contributed by atoms with Crippen molar-refractivity contribution in [1.82, 2.24) is 39.5 Å². The van der Waals surface area contributed by atoms with Crippen LogP contribution in [-0.2, 0) is 57.6 Å². The minimum atomic E-state index is -0.705. The topological polar surface area (TPSA) is 249 Å². The van der Waals surface area contributed by atoms with Gasteiger partial charge in [-0.3, -0.25) is 19.4 Å². The Morgan fingerprint density at radius 3 is 1.14 bits per heavy atom. The number of carbonyl (C=O) groups is 5. The fraction of sp³-hybridized carbons (Fsp3) is 0.877. The van der Waals surface area contributed by atoms with E-state index in [0.717, 1.165) is 97.4 Å². The van der Waals surface area contributed by atoms with Gasteiger partial charge >= 0.3 is 47.3 Å². The Labute approximate surface area is 520 Å². The van der Waals surface area contributed by atoms with Gasteiger partial charge < -0.3 is 44.4 Å². The zero-order valence-electron chi connectivity index (χ0n) is 56.2. The molecule has 3 N–H and O–H groups in total. The number of rotatable bonds is 47. The molecule has 0 radical (unpaired) electrons. The SMILES string of the molecule is CCCCCCC(C)(C)C(=O)OCC(CN1CC1C)OC(=O)NCCCCCCn1c(=O)n(CCCCCCNC(=O)OC(COC(=O)C(C)(C)CCCCCC)CN2CC2C)c(=O)n(CCCCCCNC(=O)OC(C)(C)CCOC(C)(C)C)c1=O. The smallest absolute Gasteiger partial charge is 0.407 e. The van der Waals surface area contributed by atoms with Gasteiger partial charge in [0.05, 0.1) is 23.0 Å². The van der Waals surface area contributed by atoms with Crippen molar-refractivity contribution < 1.29 is 52.4 Å². The summed E-state index contributed by atoms with van der Waals surface area (Å²) in [6.07, 6.45) is 15.1. The first-order chi connectivity index (χ1) is 41.1. The van der Waals surface area contributed by atoms with Gasteiger partial charge in [0, 0.05) is 84.0 Å². The quantitative estimate of drug-likeness (QED) is 0.0238. The van der Waals surface area contributed by atoms with Crippen molar-refractivity contribution >= 4 is 30.2 Å². The maximum atomic E-state index is 14.0. The fourth-order valence-electron chi connectivity index (χ4n) is 10.2. The van der Waals surface area contributed by atoms with Gasteiger partial charge in [-0.25, -0.2) is 42.5 Å².